The molecule has 17 heavy (non-hydrogen) atoms. The minimum atomic E-state index is -0.680. The van der Waals surface area contributed by atoms with E-state index >= 15 is 0 Å². The Bertz CT molecular complexity index is 549. The molecule has 0 saturated carbocycles. The maximum atomic E-state index is 13.6. The summed E-state index contributed by atoms with van der Waals surface area (Å²) in [5, 5.41) is 0. The summed E-state index contributed by atoms with van der Waals surface area (Å²) < 4.78 is 32.0. The fraction of sp³-hybridized carbons (Fsp3) is 0.250. The summed E-state index contributed by atoms with van der Waals surface area (Å²) in [6.45, 7) is 3.27. The van der Waals surface area contributed by atoms with Crippen LogP contribution in [-0.4, -0.2) is 4.98 Å². The summed E-state index contributed by atoms with van der Waals surface area (Å²) >= 11 is 0. The average molecular weight is 238 g/mol. The van der Waals surface area contributed by atoms with Gasteiger partial charge in [0.15, 0.2) is 5.76 Å². The fourth-order valence-electron chi connectivity index (χ4n) is 1.47. The highest BCUT2D eigenvalue weighted by atomic mass is 19.1. The van der Waals surface area contributed by atoms with Crippen molar-refractivity contribution in [2.45, 2.75) is 19.9 Å². The molecule has 1 atom stereocenters. The van der Waals surface area contributed by atoms with E-state index in [-0.39, 0.29) is 17.4 Å². The first-order valence-electron chi connectivity index (χ1n) is 5.16. The van der Waals surface area contributed by atoms with Gasteiger partial charge in [0.1, 0.15) is 11.6 Å². The molecule has 0 radical (unpaired) electrons. The standard InChI is InChI=1S/C12H12F2N2O/c1-6-3-8(10(14)4-9(6)13)11-5-16-12(17-11)7(2)15/h3-5,7H,15H2,1-2H3. The predicted octanol–water partition coefficient (Wildman–Crippen LogP) is 2.95. The predicted molar refractivity (Wildman–Crippen MR) is 59.2 cm³/mol. The SMILES string of the molecule is Cc1cc(-c2cnc(C(C)N)o2)c(F)cc1F. The van der Waals surface area contributed by atoms with Gasteiger partial charge in [-0.2, -0.15) is 0 Å². The van der Waals surface area contributed by atoms with Crippen LogP contribution in [0.4, 0.5) is 8.78 Å². The minimum absolute atomic E-state index is 0.184. The molecular formula is C12H12F2N2O. The number of nitrogens with zero attached hydrogens (tertiary/aromatic N) is 1. The van der Waals surface area contributed by atoms with E-state index in [0.717, 1.165) is 6.07 Å². The molecule has 2 aromatic rings. The van der Waals surface area contributed by atoms with Crippen LogP contribution in [0.2, 0.25) is 0 Å². The summed E-state index contributed by atoms with van der Waals surface area (Å²) in [6.07, 6.45) is 1.38. The number of hydrogen-bond acceptors (Lipinski definition) is 3. The van der Waals surface area contributed by atoms with Crippen LogP contribution in [-0.2, 0) is 0 Å². The van der Waals surface area contributed by atoms with Crippen molar-refractivity contribution >= 4 is 0 Å². The lowest BCUT2D eigenvalue weighted by atomic mass is 10.1. The van der Waals surface area contributed by atoms with E-state index in [9.17, 15) is 8.78 Å². The Morgan fingerprint density at radius 3 is 2.59 bits per heavy atom. The molecule has 0 aliphatic heterocycles. The summed E-state index contributed by atoms with van der Waals surface area (Å²) in [6, 6.07) is 1.85. The highest BCUT2D eigenvalue weighted by Gasteiger charge is 2.15. The molecule has 0 saturated heterocycles. The molecule has 0 bridgehead atoms. The van der Waals surface area contributed by atoms with Crippen molar-refractivity contribution in [2.24, 2.45) is 5.73 Å². The van der Waals surface area contributed by atoms with Crippen LogP contribution >= 0.6 is 0 Å². The Hall–Kier alpha value is -1.75. The van der Waals surface area contributed by atoms with Crippen molar-refractivity contribution in [3.8, 4) is 11.3 Å². The van der Waals surface area contributed by atoms with E-state index in [4.69, 9.17) is 10.2 Å². The Morgan fingerprint density at radius 1 is 1.29 bits per heavy atom. The average Bonchev–Trinajstić information content (AvgIpc) is 2.72. The van der Waals surface area contributed by atoms with Gasteiger partial charge in [-0.05, 0) is 25.5 Å². The van der Waals surface area contributed by atoms with Crippen molar-refractivity contribution in [3.63, 3.8) is 0 Å². The highest BCUT2D eigenvalue weighted by molar-refractivity contribution is 5.58. The molecule has 3 nitrogen and oxygen atoms in total. The van der Waals surface area contributed by atoms with Crippen LogP contribution in [0.15, 0.2) is 22.7 Å². The number of rotatable bonds is 2. The number of oxazole rings is 1. The molecule has 5 heteroatoms. The third kappa shape index (κ3) is 2.19. The van der Waals surface area contributed by atoms with Gasteiger partial charge in [-0.15, -0.1) is 0 Å². The second kappa shape index (κ2) is 4.25. The van der Waals surface area contributed by atoms with Crippen LogP contribution in [0, 0.1) is 18.6 Å². The number of benzene rings is 1. The molecule has 0 fully saturated rings. The summed E-state index contributed by atoms with van der Waals surface area (Å²) in [4.78, 5) is 3.93. The van der Waals surface area contributed by atoms with Gasteiger partial charge in [-0.3, -0.25) is 0 Å². The molecule has 0 aliphatic rings. The Labute approximate surface area is 97.3 Å². The number of aromatic nitrogens is 1. The first-order chi connectivity index (χ1) is 7.99. The largest absolute Gasteiger partial charge is 0.439 e. The molecule has 0 spiro atoms. The molecular weight excluding hydrogens is 226 g/mol. The first kappa shape index (κ1) is 11.7. The number of aryl methyl sites for hydroxylation is 1. The molecule has 0 aliphatic carbocycles. The number of nitrogens with two attached hydrogens (primary N) is 1. The third-order valence-corrected chi connectivity index (χ3v) is 2.43. The van der Waals surface area contributed by atoms with Gasteiger partial charge in [-0.1, -0.05) is 0 Å². The maximum absolute atomic E-state index is 13.6. The molecule has 1 aromatic heterocycles. The monoisotopic (exact) mass is 238 g/mol. The van der Waals surface area contributed by atoms with Gasteiger partial charge in [0.2, 0.25) is 5.89 Å². The third-order valence-electron chi connectivity index (χ3n) is 2.43. The van der Waals surface area contributed by atoms with Crippen LogP contribution in [0.3, 0.4) is 0 Å². The van der Waals surface area contributed by atoms with Crippen molar-refractivity contribution in [1.82, 2.24) is 4.98 Å². The molecule has 1 unspecified atom stereocenters. The van der Waals surface area contributed by atoms with Gasteiger partial charge >= 0.3 is 0 Å². The quantitative estimate of drug-likeness (QED) is 0.875. The lowest BCUT2D eigenvalue weighted by Gasteiger charge is -2.02. The van der Waals surface area contributed by atoms with Gasteiger partial charge in [0.25, 0.3) is 0 Å². The van der Waals surface area contributed by atoms with Crippen molar-refractivity contribution < 1.29 is 13.2 Å². The van der Waals surface area contributed by atoms with Gasteiger partial charge < -0.3 is 10.2 Å². The lowest BCUT2D eigenvalue weighted by molar-refractivity contribution is 0.470. The smallest absolute Gasteiger partial charge is 0.211 e. The van der Waals surface area contributed by atoms with Crippen LogP contribution in [0.25, 0.3) is 11.3 Å². The number of halogens is 2. The van der Waals surface area contributed by atoms with E-state index < -0.39 is 11.6 Å². The van der Waals surface area contributed by atoms with Crippen LogP contribution in [0.1, 0.15) is 24.4 Å². The molecule has 1 aromatic carbocycles. The molecule has 2 N–H and O–H groups in total. The van der Waals surface area contributed by atoms with E-state index in [1.165, 1.54) is 12.3 Å². The fourth-order valence-corrected chi connectivity index (χ4v) is 1.47. The van der Waals surface area contributed by atoms with E-state index in [1.807, 2.05) is 0 Å². The van der Waals surface area contributed by atoms with Gasteiger partial charge in [0, 0.05) is 6.07 Å². The first-order valence-corrected chi connectivity index (χ1v) is 5.16. The van der Waals surface area contributed by atoms with Crippen LogP contribution < -0.4 is 5.73 Å². The van der Waals surface area contributed by atoms with Crippen LogP contribution in [0.5, 0.6) is 0 Å². The molecule has 1 heterocycles. The van der Waals surface area contributed by atoms with Gasteiger partial charge in [-0.25, -0.2) is 13.8 Å². The zero-order valence-electron chi connectivity index (χ0n) is 9.50. The minimum Gasteiger partial charge on any atom is -0.439 e. The van der Waals surface area contributed by atoms with Crippen molar-refractivity contribution in [1.29, 1.82) is 0 Å². The highest BCUT2D eigenvalue weighted by Crippen LogP contribution is 2.27. The maximum Gasteiger partial charge on any atom is 0.211 e. The Balaban J connectivity index is 2.49. The second-order valence-electron chi connectivity index (χ2n) is 3.93. The zero-order chi connectivity index (χ0) is 12.6. The Kier molecular flexibility index (Phi) is 2.93. The Morgan fingerprint density at radius 2 is 2.00 bits per heavy atom. The van der Waals surface area contributed by atoms with Gasteiger partial charge in [0.05, 0.1) is 17.8 Å². The molecule has 90 valence electrons. The van der Waals surface area contributed by atoms with E-state index in [1.54, 1.807) is 13.8 Å². The second-order valence-corrected chi connectivity index (χ2v) is 3.93. The summed E-state index contributed by atoms with van der Waals surface area (Å²) in [5.74, 6) is -0.696. The number of hydrogen-bond donors (Lipinski definition) is 1. The van der Waals surface area contributed by atoms with Crippen molar-refractivity contribution in [3.05, 3.63) is 41.4 Å². The molecule has 2 rings (SSSR count). The van der Waals surface area contributed by atoms with Crippen molar-refractivity contribution in [2.75, 3.05) is 0 Å². The zero-order valence-corrected chi connectivity index (χ0v) is 9.50. The summed E-state index contributed by atoms with van der Waals surface area (Å²) in [7, 11) is 0. The molecule has 0 amide bonds. The normalized spacial score (nSPS) is 12.8. The topological polar surface area (TPSA) is 52.0 Å². The lowest BCUT2D eigenvalue weighted by Crippen LogP contribution is -2.04. The van der Waals surface area contributed by atoms with E-state index in [2.05, 4.69) is 4.98 Å². The van der Waals surface area contributed by atoms with E-state index in [0.29, 0.717) is 11.5 Å². The summed E-state index contributed by atoms with van der Waals surface area (Å²) in [5.41, 5.74) is 6.12.